The Balaban J connectivity index is 2.68. The highest BCUT2D eigenvalue weighted by atomic mass is 16.4. The summed E-state index contributed by atoms with van der Waals surface area (Å²) >= 11 is 0. The number of carbonyl (C=O) groups is 3. The maximum Gasteiger partial charge on any atom is 0.317 e. The van der Waals surface area contributed by atoms with Crippen molar-refractivity contribution >= 4 is 17.8 Å². The third-order valence-corrected chi connectivity index (χ3v) is 3.67. The average Bonchev–Trinajstić information content (AvgIpc) is 2.58. The number of aliphatic carboxylic acids is 2. The van der Waals surface area contributed by atoms with E-state index in [-0.39, 0.29) is 32.1 Å². The van der Waals surface area contributed by atoms with E-state index in [0.29, 0.717) is 39.3 Å². The molecular formula is C15H24N4O5. The summed E-state index contributed by atoms with van der Waals surface area (Å²) in [6, 6.07) is 0. The summed E-state index contributed by atoms with van der Waals surface area (Å²) in [5.41, 5.74) is 0. The fourth-order valence-electron chi connectivity index (χ4n) is 2.45. The minimum absolute atomic E-state index is 0.113. The van der Waals surface area contributed by atoms with Gasteiger partial charge in [-0.05, 0) is 0 Å². The maximum atomic E-state index is 11.8. The van der Waals surface area contributed by atoms with Crippen molar-refractivity contribution in [1.82, 2.24) is 20.0 Å². The van der Waals surface area contributed by atoms with Crippen LogP contribution in [-0.4, -0.2) is 108 Å². The van der Waals surface area contributed by atoms with Crippen molar-refractivity contribution in [1.29, 1.82) is 0 Å². The fourth-order valence-corrected chi connectivity index (χ4v) is 2.45. The molecule has 134 valence electrons. The number of hydrogen-bond donors (Lipinski definition) is 3. The number of carboxylic acid groups (broad SMARTS) is 2. The van der Waals surface area contributed by atoms with E-state index in [1.165, 1.54) is 0 Å². The van der Waals surface area contributed by atoms with Crippen LogP contribution in [0, 0.1) is 12.3 Å². The SMILES string of the molecule is C#CCNC(=O)CN1CCN(CC(=O)O)CCN(CC(=O)O)CC1. The van der Waals surface area contributed by atoms with E-state index in [4.69, 9.17) is 16.6 Å². The molecule has 9 heteroatoms. The fraction of sp³-hybridized carbons (Fsp3) is 0.667. The van der Waals surface area contributed by atoms with Crippen LogP contribution in [0.3, 0.4) is 0 Å². The number of amides is 1. The normalized spacial score (nSPS) is 18.0. The van der Waals surface area contributed by atoms with E-state index in [9.17, 15) is 14.4 Å². The quantitative estimate of drug-likeness (QED) is 0.449. The van der Waals surface area contributed by atoms with Crippen LogP contribution in [0.15, 0.2) is 0 Å². The first-order valence-corrected chi connectivity index (χ1v) is 7.71. The Morgan fingerprint density at radius 1 is 0.833 bits per heavy atom. The second-order valence-corrected chi connectivity index (χ2v) is 5.60. The first kappa shape index (κ1) is 19.9. The van der Waals surface area contributed by atoms with Crippen molar-refractivity contribution in [2.45, 2.75) is 0 Å². The summed E-state index contributed by atoms with van der Waals surface area (Å²) in [5.74, 6) is 0.255. The van der Waals surface area contributed by atoms with Crippen molar-refractivity contribution in [2.75, 3.05) is 65.4 Å². The molecule has 0 aliphatic carbocycles. The standard InChI is InChI=1S/C15H24N4O5/c1-2-3-16-13(20)10-17-4-6-18(11-14(21)22)8-9-19(7-5-17)12-15(23)24/h1H,3-12H2,(H,16,20)(H,21,22)(H,23,24). The molecule has 0 aromatic rings. The molecule has 0 atom stereocenters. The van der Waals surface area contributed by atoms with Crippen LogP contribution in [0.2, 0.25) is 0 Å². The number of nitrogens with zero attached hydrogens (tertiary/aromatic N) is 3. The van der Waals surface area contributed by atoms with Crippen LogP contribution < -0.4 is 5.32 Å². The zero-order chi connectivity index (χ0) is 17.9. The van der Waals surface area contributed by atoms with Gasteiger partial charge in [0, 0.05) is 39.3 Å². The van der Waals surface area contributed by atoms with Gasteiger partial charge in [0.05, 0.1) is 26.2 Å². The average molecular weight is 340 g/mol. The smallest absolute Gasteiger partial charge is 0.317 e. The molecule has 0 bridgehead atoms. The minimum atomic E-state index is -0.933. The number of nitrogens with one attached hydrogen (secondary N) is 1. The molecule has 1 saturated heterocycles. The summed E-state index contributed by atoms with van der Waals surface area (Å²) in [4.78, 5) is 39.1. The monoisotopic (exact) mass is 340 g/mol. The van der Waals surface area contributed by atoms with Gasteiger partial charge in [0.15, 0.2) is 0 Å². The largest absolute Gasteiger partial charge is 0.480 e. The summed E-state index contributed by atoms with van der Waals surface area (Å²) in [6.45, 7) is 3.05. The Morgan fingerprint density at radius 2 is 1.21 bits per heavy atom. The van der Waals surface area contributed by atoms with Gasteiger partial charge in [0.25, 0.3) is 0 Å². The molecule has 1 heterocycles. The van der Waals surface area contributed by atoms with E-state index < -0.39 is 11.9 Å². The predicted molar refractivity (Wildman–Crippen MR) is 86.4 cm³/mol. The third-order valence-electron chi connectivity index (χ3n) is 3.67. The second kappa shape index (κ2) is 10.6. The molecule has 24 heavy (non-hydrogen) atoms. The summed E-state index contributed by atoms with van der Waals surface area (Å²) in [7, 11) is 0. The van der Waals surface area contributed by atoms with Gasteiger partial charge in [-0.25, -0.2) is 0 Å². The first-order valence-electron chi connectivity index (χ1n) is 7.71. The Kier molecular flexibility index (Phi) is 8.78. The van der Waals surface area contributed by atoms with E-state index in [1.807, 2.05) is 4.90 Å². The molecule has 1 amide bonds. The highest BCUT2D eigenvalue weighted by Crippen LogP contribution is 2.01. The van der Waals surface area contributed by atoms with Gasteiger partial charge in [0.2, 0.25) is 5.91 Å². The Morgan fingerprint density at radius 3 is 1.54 bits per heavy atom. The van der Waals surface area contributed by atoms with Crippen LogP contribution in [0.4, 0.5) is 0 Å². The molecule has 0 radical (unpaired) electrons. The van der Waals surface area contributed by atoms with Crippen molar-refractivity contribution in [2.24, 2.45) is 0 Å². The first-order chi connectivity index (χ1) is 11.4. The molecule has 0 aromatic carbocycles. The van der Waals surface area contributed by atoms with Gasteiger partial charge < -0.3 is 15.5 Å². The molecule has 1 aliphatic heterocycles. The lowest BCUT2D eigenvalue weighted by atomic mass is 10.4. The predicted octanol–water partition coefficient (Wildman–Crippen LogP) is -2.18. The number of hydrogen-bond acceptors (Lipinski definition) is 6. The number of rotatable bonds is 7. The molecule has 3 N–H and O–H groups in total. The Hall–Kier alpha value is -2.15. The zero-order valence-corrected chi connectivity index (χ0v) is 13.6. The lowest BCUT2D eigenvalue weighted by Crippen LogP contribution is -2.43. The van der Waals surface area contributed by atoms with Crippen LogP contribution in [0.1, 0.15) is 0 Å². The van der Waals surface area contributed by atoms with Gasteiger partial charge in [-0.15, -0.1) is 6.42 Å². The van der Waals surface area contributed by atoms with Gasteiger partial charge in [-0.1, -0.05) is 5.92 Å². The number of carboxylic acids is 2. The third kappa shape index (κ3) is 8.47. The molecular weight excluding hydrogens is 316 g/mol. The van der Waals surface area contributed by atoms with E-state index in [1.54, 1.807) is 9.80 Å². The molecule has 0 aromatic heterocycles. The second-order valence-electron chi connectivity index (χ2n) is 5.60. The highest BCUT2D eigenvalue weighted by Gasteiger charge is 2.20. The van der Waals surface area contributed by atoms with Gasteiger partial charge in [-0.2, -0.15) is 0 Å². The zero-order valence-electron chi connectivity index (χ0n) is 13.6. The number of terminal acetylenes is 1. The van der Waals surface area contributed by atoms with Crippen LogP contribution in [0.5, 0.6) is 0 Å². The van der Waals surface area contributed by atoms with Gasteiger partial charge in [-0.3, -0.25) is 29.1 Å². The van der Waals surface area contributed by atoms with Crippen molar-refractivity contribution < 1.29 is 24.6 Å². The van der Waals surface area contributed by atoms with Gasteiger partial charge >= 0.3 is 11.9 Å². The Bertz CT molecular complexity index is 463. The Labute approximate surface area is 141 Å². The maximum absolute atomic E-state index is 11.8. The summed E-state index contributed by atoms with van der Waals surface area (Å²) in [5, 5.41) is 20.5. The van der Waals surface area contributed by atoms with E-state index in [2.05, 4.69) is 11.2 Å². The molecule has 0 saturated carbocycles. The molecule has 1 aliphatic rings. The van der Waals surface area contributed by atoms with Crippen molar-refractivity contribution in [3.8, 4) is 12.3 Å². The van der Waals surface area contributed by atoms with Crippen LogP contribution >= 0.6 is 0 Å². The lowest BCUT2D eigenvalue weighted by molar-refractivity contribution is -0.140. The van der Waals surface area contributed by atoms with E-state index >= 15 is 0 Å². The molecule has 1 rings (SSSR count). The molecule has 0 unspecified atom stereocenters. The molecule has 0 spiro atoms. The van der Waals surface area contributed by atoms with Crippen LogP contribution in [-0.2, 0) is 14.4 Å². The summed E-state index contributed by atoms with van der Waals surface area (Å²) in [6.07, 6.45) is 5.10. The molecule has 1 fully saturated rings. The van der Waals surface area contributed by atoms with E-state index in [0.717, 1.165) is 0 Å². The summed E-state index contributed by atoms with van der Waals surface area (Å²) < 4.78 is 0. The number of carbonyl (C=O) groups excluding carboxylic acids is 1. The van der Waals surface area contributed by atoms with Crippen LogP contribution in [0.25, 0.3) is 0 Å². The lowest BCUT2D eigenvalue weighted by Gasteiger charge is -2.24. The highest BCUT2D eigenvalue weighted by molar-refractivity contribution is 5.78. The minimum Gasteiger partial charge on any atom is -0.480 e. The van der Waals surface area contributed by atoms with Crippen molar-refractivity contribution in [3.63, 3.8) is 0 Å². The van der Waals surface area contributed by atoms with Crippen molar-refractivity contribution in [3.05, 3.63) is 0 Å². The van der Waals surface area contributed by atoms with Gasteiger partial charge in [0.1, 0.15) is 0 Å². The molecule has 9 nitrogen and oxygen atoms in total. The topological polar surface area (TPSA) is 113 Å².